The SMILES string of the molecule is CCNC(=O)C[C@H]1CC[C@H]2[C@H](COc3ccc(NC(=O)c4ccc5c(c4)OCO5)cc3C(=O)N2C)O1. The summed E-state index contributed by atoms with van der Waals surface area (Å²) in [7, 11) is 1.75. The second-order valence-electron chi connectivity index (χ2n) is 9.06. The van der Waals surface area contributed by atoms with Gasteiger partial charge in [0.1, 0.15) is 18.5 Å². The Labute approximate surface area is 208 Å². The Morgan fingerprint density at radius 3 is 2.67 bits per heavy atom. The third-order valence-corrected chi connectivity index (χ3v) is 6.69. The molecule has 10 heteroatoms. The molecule has 2 aromatic carbocycles. The van der Waals surface area contributed by atoms with Crippen LogP contribution in [0.3, 0.4) is 0 Å². The molecule has 0 aromatic heterocycles. The lowest BCUT2D eigenvalue weighted by Crippen LogP contribution is -2.54. The Morgan fingerprint density at radius 2 is 1.83 bits per heavy atom. The molecular weight excluding hydrogens is 466 g/mol. The van der Waals surface area contributed by atoms with Crippen molar-refractivity contribution < 1.29 is 33.3 Å². The number of nitrogens with one attached hydrogen (secondary N) is 2. The Kier molecular flexibility index (Phi) is 6.69. The number of ether oxygens (including phenoxy) is 4. The van der Waals surface area contributed by atoms with Crippen molar-refractivity contribution >= 4 is 23.4 Å². The molecule has 1 fully saturated rings. The number of amides is 3. The number of likely N-dealkylation sites (N-methyl/N-ethyl adjacent to an activating group) is 1. The van der Waals surface area contributed by atoms with Crippen molar-refractivity contribution in [1.82, 2.24) is 10.2 Å². The lowest BCUT2D eigenvalue weighted by atomic mass is 9.94. The fourth-order valence-electron chi connectivity index (χ4n) is 4.82. The molecule has 2 N–H and O–H groups in total. The van der Waals surface area contributed by atoms with Crippen LogP contribution >= 0.6 is 0 Å². The highest BCUT2D eigenvalue weighted by molar-refractivity contribution is 6.06. The van der Waals surface area contributed by atoms with Crippen molar-refractivity contribution in [2.45, 2.75) is 44.4 Å². The van der Waals surface area contributed by atoms with Crippen LogP contribution in [0.4, 0.5) is 5.69 Å². The summed E-state index contributed by atoms with van der Waals surface area (Å²) in [6.07, 6.45) is 1.12. The highest BCUT2D eigenvalue weighted by atomic mass is 16.7. The van der Waals surface area contributed by atoms with E-state index in [4.69, 9.17) is 18.9 Å². The maximum atomic E-state index is 13.4. The van der Waals surface area contributed by atoms with E-state index in [9.17, 15) is 14.4 Å². The van der Waals surface area contributed by atoms with E-state index in [1.54, 1.807) is 48.3 Å². The third kappa shape index (κ3) is 4.81. The molecule has 0 unspecified atom stereocenters. The average molecular weight is 496 g/mol. The highest BCUT2D eigenvalue weighted by Crippen LogP contribution is 2.34. The molecule has 2 aromatic rings. The molecule has 0 spiro atoms. The van der Waals surface area contributed by atoms with Crippen LogP contribution in [0.1, 0.15) is 46.9 Å². The largest absolute Gasteiger partial charge is 0.490 e. The first-order chi connectivity index (χ1) is 17.4. The zero-order valence-electron chi connectivity index (χ0n) is 20.2. The first-order valence-electron chi connectivity index (χ1n) is 12.1. The summed E-state index contributed by atoms with van der Waals surface area (Å²) in [5, 5.41) is 5.64. The fraction of sp³-hybridized carbons (Fsp3) is 0.423. The molecule has 1 saturated heterocycles. The molecule has 3 aliphatic heterocycles. The van der Waals surface area contributed by atoms with E-state index >= 15 is 0 Å². The second-order valence-corrected chi connectivity index (χ2v) is 9.06. The van der Waals surface area contributed by atoms with Crippen molar-refractivity contribution in [3.8, 4) is 17.2 Å². The molecule has 0 saturated carbocycles. The van der Waals surface area contributed by atoms with Gasteiger partial charge in [0.05, 0.1) is 24.1 Å². The van der Waals surface area contributed by atoms with Crippen LogP contribution in [0.15, 0.2) is 36.4 Å². The molecule has 3 aliphatic rings. The fourth-order valence-corrected chi connectivity index (χ4v) is 4.82. The third-order valence-electron chi connectivity index (χ3n) is 6.69. The van der Waals surface area contributed by atoms with Crippen LogP contribution in [0.25, 0.3) is 0 Å². The van der Waals surface area contributed by atoms with Crippen molar-refractivity contribution in [1.29, 1.82) is 0 Å². The number of carbonyl (C=O) groups is 3. The van der Waals surface area contributed by atoms with E-state index in [-0.39, 0.29) is 55.8 Å². The van der Waals surface area contributed by atoms with E-state index in [1.165, 1.54) is 0 Å². The van der Waals surface area contributed by atoms with Crippen molar-refractivity contribution in [2.24, 2.45) is 0 Å². The number of hydrogen-bond donors (Lipinski definition) is 2. The van der Waals surface area contributed by atoms with E-state index in [1.807, 2.05) is 6.92 Å². The summed E-state index contributed by atoms with van der Waals surface area (Å²) < 4.78 is 22.8. The van der Waals surface area contributed by atoms with Gasteiger partial charge in [-0.05, 0) is 56.2 Å². The summed E-state index contributed by atoms with van der Waals surface area (Å²) in [5.74, 6) is 0.936. The minimum absolute atomic E-state index is 0.0437. The van der Waals surface area contributed by atoms with Gasteiger partial charge in [0, 0.05) is 24.8 Å². The maximum absolute atomic E-state index is 13.4. The van der Waals surface area contributed by atoms with Crippen LogP contribution < -0.4 is 24.8 Å². The van der Waals surface area contributed by atoms with Gasteiger partial charge < -0.3 is 34.5 Å². The van der Waals surface area contributed by atoms with Gasteiger partial charge in [-0.1, -0.05) is 0 Å². The molecule has 5 rings (SSSR count). The maximum Gasteiger partial charge on any atom is 0.257 e. The molecule has 3 atom stereocenters. The number of fused-ring (bicyclic) bond motifs is 3. The first kappa shape index (κ1) is 23.9. The molecule has 0 radical (unpaired) electrons. The molecule has 190 valence electrons. The van der Waals surface area contributed by atoms with Gasteiger partial charge in [-0.2, -0.15) is 0 Å². The number of hydrogen-bond acceptors (Lipinski definition) is 7. The number of nitrogens with zero attached hydrogens (tertiary/aromatic N) is 1. The molecule has 10 nitrogen and oxygen atoms in total. The quantitative estimate of drug-likeness (QED) is 0.655. The van der Waals surface area contributed by atoms with Gasteiger partial charge in [-0.25, -0.2) is 0 Å². The van der Waals surface area contributed by atoms with Crippen LogP contribution in [0.5, 0.6) is 17.2 Å². The summed E-state index contributed by atoms with van der Waals surface area (Å²) in [6.45, 7) is 2.84. The molecular formula is C26H29N3O7. The number of carbonyl (C=O) groups excluding carboxylic acids is 3. The molecule has 0 bridgehead atoms. The van der Waals surface area contributed by atoms with Crippen LogP contribution in [0.2, 0.25) is 0 Å². The minimum Gasteiger partial charge on any atom is -0.490 e. The van der Waals surface area contributed by atoms with E-state index in [2.05, 4.69) is 10.6 Å². The van der Waals surface area contributed by atoms with Crippen LogP contribution in [0, 0.1) is 0 Å². The van der Waals surface area contributed by atoms with Crippen molar-refractivity contribution in [2.75, 3.05) is 32.3 Å². The lowest BCUT2D eigenvalue weighted by Gasteiger charge is -2.42. The van der Waals surface area contributed by atoms with Crippen LogP contribution in [-0.4, -0.2) is 67.9 Å². The van der Waals surface area contributed by atoms with Gasteiger partial charge >= 0.3 is 0 Å². The normalized spacial score (nSPS) is 22.4. The van der Waals surface area contributed by atoms with Crippen molar-refractivity contribution in [3.63, 3.8) is 0 Å². The summed E-state index contributed by atoms with van der Waals surface area (Å²) in [6, 6.07) is 9.77. The second kappa shape index (κ2) is 10.1. The Morgan fingerprint density at radius 1 is 1.03 bits per heavy atom. The number of anilines is 1. The number of benzene rings is 2. The predicted molar refractivity (Wildman–Crippen MR) is 130 cm³/mol. The minimum atomic E-state index is -0.342. The smallest absolute Gasteiger partial charge is 0.257 e. The predicted octanol–water partition coefficient (Wildman–Crippen LogP) is 2.57. The zero-order valence-corrected chi connectivity index (χ0v) is 20.2. The standard InChI is InChI=1S/C26H29N3O7/c1-3-27-24(30)12-17-6-7-19-23(36-17)13-33-20-9-5-16(11-18(20)26(32)29(19)2)28-25(31)15-4-8-21-22(10-15)35-14-34-21/h4-5,8-11,17,19,23H,3,6-7,12-14H2,1-2H3,(H,27,30)(H,28,31)/t17-,19+,23+/m1/s1. The van der Waals surface area contributed by atoms with Crippen LogP contribution in [-0.2, 0) is 9.53 Å². The summed E-state index contributed by atoms with van der Waals surface area (Å²) in [5.41, 5.74) is 1.25. The van der Waals surface area contributed by atoms with Gasteiger partial charge in [0.15, 0.2) is 11.5 Å². The van der Waals surface area contributed by atoms with Gasteiger partial charge in [-0.15, -0.1) is 0 Å². The van der Waals surface area contributed by atoms with Crippen molar-refractivity contribution in [3.05, 3.63) is 47.5 Å². The Hall–Kier alpha value is -3.79. The first-order valence-corrected chi connectivity index (χ1v) is 12.1. The Balaban J connectivity index is 1.30. The zero-order chi connectivity index (χ0) is 25.2. The summed E-state index contributed by atoms with van der Waals surface area (Å²) >= 11 is 0. The van der Waals surface area contributed by atoms with E-state index in [0.29, 0.717) is 53.4 Å². The topological polar surface area (TPSA) is 115 Å². The average Bonchev–Trinajstić information content (AvgIpc) is 3.35. The summed E-state index contributed by atoms with van der Waals surface area (Å²) in [4.78, 5) is 39.9. The van der Waals surface area contributed by atoms with E-state index in [0.717, 1.165) is 0 Å². The molecule has 36 heavy (non-hydrogen) atoms. The highest BCUT2D eigenvalue weighted by Gasteiger charge is 2.39. The molecule has 3 heterocycles. The molecule has 0 aliphatic carbocycles. The molecule has 3 amide bonds. The van der Waals surface area contributed by atoms with E-state index < -0.39 is 0 Å². The van der Waals surface area contributed by atoms with Gasteiger partial charge in [0.25, 0.3) is 11.8 Å². The monoisotopic (exact) mass is 495 g/mol. The van der Waals surface area contributed by atoms with Gasteiger partial charge in [-0.3, -0.25) is 14.4 Å². The van der Waals surface area contributed by atoms with Gasteiger partial charge in [0.2, 0.25) is 12.7 Å². The number of rotatable bonds is 5. The lowest BCUT2D eigenvalue weighted by molar-refractivity contribution is -0.133. The Bertz CT molecular complexity index is 1180.